The molecular formula is C14H16F3N3O. The van der Waals surface area contributed by atoms with Gasteiger partial charge in [0.1, 0.15) is 5.75 Å². The zero-order chi connectivity index (χ0) is 15.5. The molecule has 1 N–H and O–H groups in total. The third-order valence-corrected chi connectivity index (χ3v) is 2.88. The maximum absolute atomic E-state index is 12.2. The second-order valence-corrected chi connectivity index (χ2v) is 4.71. The molecular weight excluding hydrogens is 283 g/mol. The lowest BCUT2D eigenvalue weighted by Crippen LogP contribution is -2.20. The van der Waals surface area contributed by atoms with Crippen LogP contribution in [0.15, 0.2) is 36.7 Å². The van der Waals surface area contributed by atoms with Gasteiger partial charge in [-0.3, -0.25) is 4.68 Å². The van der Waals surface area contributed by atoms with E-state index >= 15 is 0 Å². The second-order valence-electron chi connectivity index (χ2n) is 4.71. The van der Waals surface area contributed by atoms with Crippen LogP contribution in [0.5, 0.6) is 5.75 Å². The largest absolute Gasteiger partial charge is 0.482 e. The van der Waals surface area contributed by atoms with Crippen molar-refractivity contribution in [3.63, 3.8) is 0 Å². The zero-order valence-electron chi connectivity index (χ0n) is 11.7. The van der Waals surface area contributed by atoms with Gasteiger partial charge in [0.15, 0.2) is 6.61 Å². The molecule has 0 spiro atoms. The predicted molar refractivity (Wildman–Crippen MR) is 73.2 cm³/mol. The average molecular weight is 299 g/mol. The highest BCUT2D eigenvalue weighted by Gasteiger charge is 2.28. The Kier molecular flexibility index (Phi) is 4.40. The molecule has 1 atom stereocenters. The number of benzene rings is 1. The summed E-state index contributed by atoms with van der Waals surface area (Å²) in [5, 5.41) is 7.20. The Balaban J connectivity index is 2.09. The number of para-hydroxylation sites is 2. The first-order chi connectivity index (χ1) is 9.85. The van der Waals surface area contributed by atoms with Gasteiger partial charge in [0.2, 0.25) is 0 Å². The zero-order valence-corrected chi connectivity index (χ0v) is 11.7. The molecule has 0 amide bonds. The van der Waals surface area contributed by atoms with Crippen molar-refractivity contribution in [2.24, 2.45) is 7.05 Å². The van der Waals surface area contributed by atoms with Crippen molar-refractivity contribution in [2.75, 3.05) is 11.9 Å². The Morgan fingerprint density at radius 2 is 2.05 bits per heavy atom. The Morgan fingerprint density at radius 3 is 2.67 bits per heavy atom. The number of nitrogens with zero attached hydrogens (tertiary/aromatic N) is 2. The topological polar surface area (TPSA) is 39.1 Å². The van der Waals surface area contributed by atoms with Gasteiger partial charge < -0.3 is 10.1 Å². The predicted octanol–water partition coefficient (Wildman–Crippen LogP) is 3.53. The molecule has 2 rings (SSSR count). The molecule has 0 saturated carbocycles. The third-order valence-electron chi connectivity index (χ3n) is 2.88. The summed E-state index contributed by atoms with van der Waals surface area (Å²) in [4.78, 5) is 0. The number of hydrogen-bond donors (Lipinski definition) is 1. The molecule has 1 unspecified atom stereocenters. The summed E-state index contributed by atoms with van der Waals surface area (Å²) in [6.07, 6.45) is -0.810. The standard InChI is InChI=1S/C14H16F3N3O/c1-10(11-7-18-20(2)8-11)19-12-5-3-4-6-13(12)21-9-14(15,16)17/h3-8,10,19H,9H2,1-2H3. The molecule has 1 heterocycles. The molecule has 0 radical (unpaired) electrons. The summed E-state index contributed by atoms with van der Waals surface area (Å²) in [6, 6.07) is 6.45. The molecule has 114 valence electrons. The van der Waals surface area contributed by atoms with Crippen LogP contribution < -0.4 is 10.1 Å². The number of rotatable bonds is 5. The van der Waals surface area contributed by atoms with Gasteiger partial charge in [-0.05, 0) is 19.1 Å². The van der Waals surface area contributed by atoms with Crippen molar-refractivity contribution in [2.45, 2.75) is 19.1 Å². The Labute approximate surface area is 120 Å². The van der Waals surface area contributed by atoms with E-state index in [1.807, 2.05) is 13.1 Å². The minimum absolute atomic E-state index is 0.102. The molecule has 2 aromatic rings. The van der Waals surface area contributed by atoms with E-state index in [0.717, 1.165) is 5.56 Å². The van der Waals surface area contributed by atoms with Crippen LogP contribution in [-0.4, -0.2) is 22.6 Å². The lowest BCUT2D eigenvalue weighted by molar-refractivity contribution is -0.153. The summed E-state index contributed by atoms with van der Waals surface area (Å²) >= 11 is 0. The van der Waals surface area contributed by atoms with Gasteiger partial charge in [-0.1, -0.05) is 12.1 Å². The van der Waals surface area contributed by atoms with Gasteiger partial charge >= 0.3 is 6.18 Å². The van der Waals surface area contributed by atoms with Crippen LogP contribution in [-0.2, 0) is 7.05 Å². The van der Waals surface area contributed by atoms with E-state index in [1.165, 1.54) is 6.07 Å². The van der Waals surface area contributed by atoms with Crippen molar-refractivity contribution >= 4 is 5.69 Å². The van der Waals surface area contributed by atoms with Gasteiger partial charge in [0.25, 0.3) is 0 Å². The summed E-state index contributed by atoms with van der Waals surface area (Å²) in [5.41, 5.74) is 1.45. The number of anilines is 1. The molecule has 0 bridgehead atoms. The maximum atomic E-state index is 12.2. The number of ether oxygens (including phenoxy) is 1. The molecule has 1 aromatic carbocycles. The average Bonchev–Trinajstić information content (AvgIpc) is 2.83. The van der Waals surface area contributed by atoms with Crippen LogP contribution in [0.1, 0.15) is 18.5 Å². The van der Waals surface area contributed by atoms with Gasteiger partial charge in [0.05, 0.1) is 17.9 Å². The van der Waals surface area contributed by atoms with Crippen molar-refractivity contribution in [1.29, 1.82) is 0 Å². The molecule has 0 saturated heterocycles. The summed E-state index contributed by atoms with van der Waals surface area (Å²) < 4.78 is 43.2. The molecule has 4 nitrogen and oxygen atoms in total. The van der Waals surface area contributed by atoms with Gasteiger partial charge in [-0.2, -0.15) is 18.3 Å². The SMILES string of the molecule is CC(Nc1ccccc1OCC(F)(F)F)c1cnn(C)c1. The van der Waals surface area contributed by atoms with Gasteiger partial charge in [0, 0.05) is 18.8 Å². The molecule has 0 aliphatic carbocycles. The van der Waals surface area contributed by atoms with Crippen LogP contribution in [0.3, 0.4) is 0 Å². The molecule has 1 aromatic heterocycles. The molecule has 0 aliphatic heterocycles. The summed E-state index contributed by atoms with van der Waals surface area (Å²) in [5.74, 6) is 0.172. The number of aryl methyl sites for hydroxylation is 1. The summed E-state index contributed by atoms with van der Waals surface area (Å²) in [6.45, 7) is 0.588. The van der Waals surface area contributed by atoms with Gasteiger partial charge in [-0.15, -0.1) is 0 Å². The van der Waals surface area contributed by atoms with Crippen LogP contribution >= 0.6 is 0 Å². The van der Waals surface area contributed by atoms with Crippen LogP contribution in [0.4, 0.5) is 18.9 Å². The van der Waals surface area contributed by atoms with E-state index in [1.54, 1.807) is 36.1 Å². The van der Waals surface area contributed by atoms with E-state index in [4.69, 9.17) is 4.74 Å². The fourth-order valence-electron chi connectivity index (χ4n) is 1.85. The number of nitrogens with one attached hydrogen (secondary N) is 1. The first-order valence-electron chi connectivity index (χ1n) is 6.39. The highest BCUT2D eigenvalue weighted by Crippen LogP contribution is 2.29. The third kappa shape index (κ3) is 4.40. The smallest absolute Gasteiger partial charge is 0.422 e. The maximum Gasteiger partial charge on any atom is 0.422 e. The van der Waals surface area contributed by atoms with Crippen molar-refractivity contribution in [3.8, 4) is 5.75 Å². The monoisotopic (exact) mass is 299 g/mol. The minimum atomic E-state index is -4.36. The van der Waals surface area contributed by atoms with E-state index in [0.29, 0.717) is 5.69 Å². The van der Waals surface area contributed by atoms with Gasteiger partial charge in [-0.25, -0.2) is 0 Å². The van der Waals surface area contributed by atoms with Crippen molar-refractivity contribution in [1.82, 2.24) is 9.78 Å². The number of aromatic nitrogens is 2. The fourth-order valence-corrected chi connectivity index (χ4v) is 1.85. The van der Waals surface area contributed by atoms with Crippen LogP contribution in [0.2, 0.25) is 0 Å². The quantitative estimate of drug-likeness (QED) is 0.918. The van der Waals surface area contributed by atoms with Crippen molar-refractivity contribution < 1.29 is 17.9 Å². The second kappa shape index (κ2) is 6.07. The molecule has 0 fully saturated rings. The first kappa shape index (κ1) is 15.2. The fraction of sp³-hybridized carbons (Fsp3) is 0.357. The molecule has 0 aliphatic rings. The number of hydrogen-bond acceptors (Lipinski definition) is 3. The Morgan fingerprint density at radius 1 is 1.33 bits per heavy atom. The summed E-state index contributed by atoms with van der Waals surface area (Å²) in [7, 11) is 1.80. The minimum Gasteiger partial charge on any atom is -0.482 e. The lowest BCUT2D eigenvalue weighted by atomic mass is 10.1. The molecule has 21 heavy (non-hydrogen) atoms. The highest BCUT2D eigenvalue weighted by molar-refractivity contribution is 5.57. The number of halogens is 3. The van der Waals surface area contributed by atoms with E-state index < -0.39 is 12.8 Å². The molecule has 7 heteroatoms. The highest BCUT2D eigenvalue weighted by atomic mass is 19.4. The van der Waals surface area contributed by atoms with E-state index in [-0.39, 0.29) is 11.8 Å². The lowest BCUT2D eigenvalue weighted by Gasteiger charge is -2.18. The normalized spacial score (nSPS) is 13.0. The van der Waals surface area contributed by atoms with E-state index in [2.05, 4.69) is 10.4 Å². The van der Waals surface area contributed by atoms with E-state index in [9.17, 15) is 13.2 Å². The Hall–Kier alpha value is -2.18. The Bertz CT molecular complexity index is 595. The first-order valence-corrected chi connectivity index (χ1v) is 6.39. The van der Waals surface area contributed by atoms with Crippen molar-refractivity contribution in [3.05, 3.63) is 42.2 Å². The van der Waals surface area contributed by atoms with Crippen LogP contribution in [0, 0.1) is 0 Å². The number of alkyl halides is 3. The van der Waals surface area contributed by atoms with Crippen LogP contribution in [0.25, 0.3) is 0 Å².